The first-order valence-electron chi connectivity index (χ1n) is 6.73. The standard InChI is InChI=1S/C14H18N2O3/c1-2-4-17-5-3-14-15-10-8-12-13(9-11(10)16-14)19-7-6-18-12/h8-9H,2-7H2,1H3,(H,15,16). The lowest BCUT2D eigenvalue weighted by Gasteiger charge is -2.17. The zero-order chi connectivity index (χ0) is 13.1. The number of hydrogen-bond donors (Lipinski definition) is 1. The van der Waals surface area contributed by atoms with Gasteiger partial charge in [0.15, 0.2) is 11.5 Å². The van der Waals surface area contributed by atoms with E-state index in [1.807, 2.05) is 12.1 Å². The van der Waals surface area contributed by atoms with E-state index in [9.17, 15) is 0 Å². The minimum atomic E-state index is 0.598. The second-order valence-corrected chi connectivity index (χ2v) is 4.56. The summed E-state index contributed by atoms with van der Waals surface area (Å²) in [5.41, 5.74) is 1.89. The van der Waals surface area contributed by atoms with E-state index in [1.165, 1.54) is 0 Å². The molecule has 1 aliphatic heterocycles. The topological polar surface area (TPSA) is 56.4 Å². The molecule has 5 nitrogen and oxygen atoms in total. The van der Waals surface area contributed by atoms with Gasteiger partial charge < -0.3 is 19.2 Å². The van der Waals surface area contributed by atoms with Gasteiger partial charge in [0.1, 0.15) is 19.0 Å². The minimum absolute atomic E-state index is 0.598. The molecule has 2 heterocycles. The molecule has 0 radical (unpaired) electrons. The maximum Gasteiger partial charge on any atom is 0.163 e. The van der Waals surface area contributed by atoms with E-state index in [2.05, 4.69) is 16.9 Å². The number of nitrogens with zero attached hydrogens (tertiary/aromatic N) is 1. The molecule has 0 aliphatic carbocycles. The van der Waals surface area contributed by atoms with Gasteiger partial charge in [-0.1, -0.05) is 6.92 Å². The van der Waals surface area contributed by atoms with E-state index in [4.69, 9.17) is 14.2 Å². The van der Waals surface area contributed by atoms with Crippen molar-refractivity contribution in [1.29, 1.82) is 0 Å². The molecule has 19 heavy (non-hydrogen) atoms. The third-order valence-electron chi connectivity index (χ3n) is 3.03. The van der Waals surface area contributed by atoms with Crippen molar-refractivity contribution in [2.24, 2.45) is 0 Å². The lowest BCUT2D eigenvalue weighted by atomic mass is 10.2. The molecule has 0 bridgehead atoms. The highest BCUT2D eigenvalue weighted by atomic mass is 16.6. The van der Waals surface area contributed by atoms with E-state index < -0.39 is 0 Å². The summed E-state index contributed by atoms with van der Waals surface area (Å²) in [6, 6.07) is 3.88. The number of ether oxygens (including phenoxy) is 3. The van der Waals surface area contributed by atoms with Crippen LogP contribution in [0.3, 0.4) is 0 Å². The molecule has 102 valence electrons. The summed E-state index contributed by atoms with van der Waals surface area (Å²) in [5, 5.41) is 0. The van der Waals surface area contributed by atoms with Crippen molar-refractivity contribution in [3.05, 3.63) is 18.0 Å². The molecule has 0 saturated heterocycles. The van der Waals surface area contributed by atoms with Crippen LogP contribution in [0.5, 0.6) is 11.5 Å². The molecule has 1 aromatic heterocycles. The summed E-state index contributed by atoms with van der Waals surface area (Å²) in [6.07, 6.45) is 1.84. The molecule has 5 heteroatoms. The maximum atomic E-state index is 5.56. The second kappa shape index (κ2) is 5.48. The third-order valence-corrected chi connectivity index (χ3v) is 3.03. The van der Waals surface area contributed by atoms with Gasteiger partial charge >= 0.3 is 0 Å². The van der Waals surface area contributed by atoms with Crippen molar-refractivity contribution < 1.29 is 14.2 Å². The average molecular weight is 262 g/mol. The molecular formula is C14H18N2O3. The lowest BCUT2D eigenvalue weighted by Crippen LogP contribution is -2.15. The third kappa shape index (κ3) is 2.66. The van der Waals surface area contributed by atoms with Crippen molar-refractivity contribution in [3.63, 3.8) is 0 Å². The van der Waals surface area contributed by atoms with Gasteiger partial charge in [-0.15, -0.1) is 0 Å². The molecule has 0 spiro atoms. The van der Waals surface area contributed by atoms with Crippen LogP contribution in [0.1, 0.15) is 19.2 Å². The summed E-state index contributed by atoms with van der Waals surface area (Å²) in [7, 11) is 0. The van der Waals surface area contributed by atoms with E-state index in [1.54, 1.807) is 0 Å². The number of imidazole rings is 1. The van der Waals surface area contributed by atoms with Crippen LogP contribution in [-0.4, -0.2) is 36.4 Å². The Morgan fingerprint density at radius 2 is 2.00 bits per heavy atom. The molecule has 1 aliphatic rings. The van der Waals surface area contributed by atoms with Gasteiger partial charge in [-0.05, 0) is 6.42 Å². The lowest BCUT2D eigenvalue weighted by molar-refractivity contribution is 0.137. The second-order valence-electron chi connectivity index (χ2n) is 4.56. The molecule has 1 aromatic carbocycles. The largest absolute Gasteiger partial charge is 0.486 e. The van der Waals surface area contributed by atoms with Crippen LogP contribution in [0.4, 0.5) is 0 Å². The molecular weight excluding hydrogens is 244 g/mol. The molecule has 0 unspecified atom stereocenters. The fourth-order valence-electron chi connectivity index (χ4n) is 2.13. The number of rotatable bonds is 5. The summed E-state index contributed by atoms with van der Waals surface area (Å²) < 4.78 is 16.6. The number of fused-ring (bicyclic) bond motifs is 2. The Balaban J connectivity index is 1.76. The zero-order valence-electron chi connectivity index (χ0n) is 11.1. The van der Waals surface area contributed by atoms with Crippen molar-refractivity contribution >= 4 is 11.0 Å². The Morgan fingerprint density at radius 1 is 1.21 bits per heavy atom. The molecule has 0 fully saturated rings. The van der Waals surface area contributed by atoms with Crippen LogP contribution in [0.25, 0.3) is 11.0 Å². The molecule has 1 N–H and O–H groups in total. The fourth-order valence-corrected chi connectivity index (χ4v) is 2.13. The van der Waals surface area contributed by atoms with Gasteiger partial charge in [0.05, 0.1) is 17.6 Å². The highest BCUT2D eigenvalue weighted by Crippen LogP contribution is 2.33. The van der Waals surface area contributed by atoms with Gasteiger partial charge in [0.25, 0.3) is 0 Å². The van der Waals surface area contributed by atoms with Crippen molar-refractivity contribution in [3.8, 4) is 11.5 Å². The molecule has 2 aromatic rings. The van der Waals surface area contributed by atoms with Crippen molar-refractivity contribution in [2.75, 3.05) is 26.4 Å². The number of benzene rings is 1. The summed E-state index contributed by atoms with van der Waals surface area (Å²) in [4.78, 5) is 7.84. The average Bonchev–Trinajstić information content (AvgIpc) is 2.82. The number of H-pyrrole nitrogens is 1. The summed E-state index contributed by atoms with van der Waals surface area (Å²) in [5.74, 6) is 2.50. The van der Waals surface area contributed by atoms with E-state index in [0.29, 0.717) is 19.8 Å². The number of aromatic nitrogens is 2. The van der Waals surface area contributed by atoms with Gasteiger partial charge in [0, 0.05) is 25.2 Å². The van der Waals surface area contributed by atoms with Crippen LogP contribution < -0.4 is 9.47 Å². The first-order valence-corrected chi connectivity index (χ1v) is 6.73. The quantitative estimate of drug-likeness (QED) is 0.840. The van der Waals surface area contributed by atoms with Crippen LogP contribution in [0.2, 0.25) is 0 Å². The smallest absolute Gasteiger partial charge is 0.163 e. The highest BCUT2D eigenvalue weighted by molar-refractivity contribution is 5.79. The minimum Gasteiger partial charge on any atom is -0.486 e. The fraction of sp³-hybridized carbons (Fsp3) is 0.500. The summed E-state index contributed by atoms with van der Waals surface area (Å²) >= 11 is 0. The highest BCUT2D eigenvalue weighted by Gasteiger charge is 2.14. The monoisotopic (exact) mass is 262 g/mol. The Morgan fingerprint density at radius 3 is 2.79 bits per heavy atom. The van der Waals surface area contributed by atoms with Crippen LogP contribution in [0, 0.1) is 0 Å². The van der Waals surface area contributed by atoms with E-state index in [0.717, 1.165) is 47.8 Å². The Bertz CT molecular complexity index is 522. The Labute approximate surface area is 111 Å². The van der Waals surface area contributed by atoms with Gasteiger partial charge in [-0.2, -0.15) is 0 Å². The van der Waals surface area contributed by atoms with Gasteiger partial charge in [-0.25, -0.2) is 4.98 Å². The number of nitrogens with one attached hydrogen (secondary N) is 1. The maximum absolute atomic E-state index is 5.56. The Hall–Kier alpha value is -1.75. The van der Waals surface area contributed by atoms with Crippen LogP contribution in [0.15, 0.2) is 12.1 Å². The predicted molar refractivity (Wildman–Crippen MR) is 71.9 cm³/mol. The molecule has 0 amide bonds. The zero-order valence-corrected chi connectivity index (χ0v) is 11.1. The van der Waals surface area contributed by atoms with Crippen LogP contribution >= 0.6 is 0 Å². The van der Waals surface area contributed by atoms with Crippen molar-refractivity contribution in [2.45, 2.75) is 19.8 Å². The Kier molecular flexibility index (Phi) is 3.55. The van der Waals surface area contributed by atoms with Gasteiger partial charge in [0.2, 0.25) is 0 Å². The number of aromatic amines is 1. The molecule has 0 atom stereocenters. The molecule has 3 rings (SSSR count). The predicted octanol–water partition coefficient (Wildman–Crippen LogP) is 2.30. The first-order chi connectivity index (χ1) is 9.36. The summed E-state index contributed by atoms with van der Waals surface area (Å²) in [6.45, 7) is 4.80. The van der Waals surface area contributed by atoms with E-state index >= 15 is 0 Å². The van der Waals surface area contributed by atoms with E-state index in [-0.39, 0.29) is 0 Å². The van der Waals surface area contributed by atoms with Crippen LogP contribution in [-0.2, 0) is 11.2 Å². The van der Waals surface area contributed by atoms with Gasteiger partial charge in [-0.3, -0.25) is 0 Å². The molecule has 0 saturated carbocycles. The number of hydrogen-bond acceptors (Lipinski definition) is 4. The normalized spacial score (nSPS) is 13.9. The SMILES string of the molecule is CCCOCCc1nc2cc3c(cc2[nH]1)OCCO3. The van der Waals surface area contributed by atoms with Crippen molar-refractivity contribution in [1.82, 2.24) is 9.97 Å². The first kappa shape index (κ1) is 12.3.